The number of carbonyl (C=O) groups is 1. The molecule has 0 aromatic carbocycles. The van der Waals surface area contributed by atoms with Gasteiger partial charge >= 0.3 is 5.97 Å². The monoisotopic (exact) mass is 265 g/mol. The SMILES string of the molecule is COc1cc(N2CCC(CCC(=O)O)CC2)ncn1. The molecule has 1 aliphatic rings. The summed E-state index contributed by atoms with van der Waals surface area (Å²) in [6.45, 7) is 1.81. The Morgan fingerprint density at radius 1 is 1.47 bits per heavy atom. The summed E-state index contributed by atoms with van der Waals surface area (Å²) in [6, 6.07) is 1.83. The molecule has 1 saturated heterocycles. The molecule has 1 fully saturated rings. The van der Waals surface area contributed by atoms with Gasteiger partial charge < -0.3 is 14.7 Å². The van der Waals surface area contributed by atoms with E-state index in [9.17, 15) is 4.79 Å². The van der Waals surface area contributed by atoms with Crippen LogP contribution in [-0.4, -0.2) is 41.2 Å². The van der Waals surface area contributed by atoms with Gasteiger partial charge in [0.2, 0.25) is 5.88 Å². The van der Waals surface area contributed by atoms with Crippen LogP contribution in [0.1, 0.15) is 25.7 Å². The maximum atomic E-state index is 10.6. The van der Waals surface area contributed by atoms with Crippen molar-refractivity contribution in [2.75, 3.05) is 25.1 Å². The first-order valence-electron chi connectivity index (χ1n) is 6.52. The molecule has 0 unspecified atom stereocenters. The molecule has 1 N–H and O–H groups in total. The first kappa shape index (κ1) is 13.6. The summed E-state index contributed by atoms with van der Waals surface area (Å²) in [5.41, 5.74) is 0. The molecule has 0 saturated carbocycles. The summed E-state index contributed by atoms with van der Waals surface area (Å²) in [5, 5.41) is 8.69. The highest BCUT2D eigenvalue weighted by Gasteiger charge is 2.21. The summed E-state index contributed by atoms with van der Waals surface area (Å²) in [5.74, 6) is 1.25. The zero-order chi connectivity index (χ0) is 13.7. The van der Waals surface area contributed by atoms with E-state index in [1.54, 1.807) is 7.11 Å². The van der Waals surface area contributed by atoms with E-state index >= 15 is 0 Å². The number of aliphatic carboxylic acids is 1. The number of carboxylic acids is 1. The Hall–Kier alpha value is -1.85. The fraction of sp³-hybridized carbons (Fsp3) is 0.615. The van der Waals surface area contributed by atoms with Gasteiger partial charge in [0.15, 0.2) is 0 Å². The molecular formula is C13H19N3O3. The minimum absolute atomic E-state index is 0.270. The van der Waals surface area contributed by atoms with Gasteiger partial charge in [-0.05, 0) is 25.2 Å². The largest absolute Gasteiger partial charge is 0.481 e. The van der Waals surface area contributed by atoms with Gasteiger partial charge in [0.05, 0.1) is 7.11 Å². The van der Waals surface area contributed by atoms with Gasteiger partial charge in [-0.15, -0.1) is 0 Å². The van der Waals surface area contributed by atoms with Gasteiger partial charge in [0.1, 0.15) is 12.1 Å². The molecule has 1 aliphatic heterocycles. The lowest BCUT2D eigenvalue weighted by Gasteiger charge is -2.32. The fourth-order valence-corrected chi connectivity index (χ4v) is 2.39. The third-order valence-electron chi connectivity index (χ3n) is 3.54. The van der Waals surface area contributed by atoms with E-state index in [2.05, 4.69) is 14.9 Å². The van der Waals surface area contributed by atoms with E-state index in [0.717, 1.165) is 38.2 Å². The third-order valence-corrected chi connectivity index (χ3v) is 3.54. The Morgan fingerprint density at radius 3 is 2.84 bits per heavy atom. The Morgan fingerprint density at radius 2 is 2.21 bits per heavy atom. The van der Waals surface area contributed by atoms with Gasteiger partial charge in [0.25, 0.3) is 0 Å². The molecule has 6 heteroatoms. The number of rotatable bonds is 5. The highest BCUT2D eigenvalue weighted by atomic mass is 16.5. The highest BCUT2D eigenvalue weighted by molar-refractivity contribution is 5.66. The summed E-state index contributed by atoms with van der Waals surface area (Å²) < 4.78 is 5.09. The third kappa shape index (κ3) is 3.81. The molecule has 2 heterocycles. The van der Waals surface area contributed by atoms with Crippen molar-refractivity contribution < 1.29 is 14.6 Å². The summed E-state index contributed by atoms with van der Waals surface area (Å²) in [7, 11) is 1.59. The topological polar surface area (TPSA) is 75.5 Å². The van der Waals surface area contributed by atoms with Crippen molar-refractivity contribution in [3.8, 4) is 5.88 Å². The second-order valence-electron chi connectivity index (χ2n) is 4.78. The molecule has 104 valence electrons. The number of carboxylic acid groups (broad SMARTS) is 1. The molecule has 0 radical (unpaired) electrons. The van der Waals surface area contributed by atoms with Crippen LogP contribution in [0.4, 0.5) is 5.82 Å². The number of nitrogens with zero attached hydrogens (tertiary/aromatic N) is 3. The van der Waals surface area contributed by atoms with Gasteiger partial charge in [-0.2, -0.15) is 0 Å². The molecule has 19 heavy (non-hydrogen) atoms. The number of hydrogen-bond acceptors (Lipinski definition) is 5. The van der Waals surface area contributed by atoms with E-state index < -0.39 is 5.97 Å². The van der Waals surface area contributed by atoms with Crippen molar-refractivity contribution in [2.24, 2.45) is 5.92 Å². The summed E-state index contributed by atoms with van der Waals surface area (Å²) in [6.07, 6.45) is 4.58. The average molecular weight is 265 g/mol. The Kier molecular flexibility index (Phi) is 4.54. The molecule has 0 bridgehead atoms. The Labute approximate surface area is 112 Å². The molecule has 1 aromatic rings. The number of piperidine rings is 1. The maximum absolute atomic E-state index is 10.6. The van der Waals surface area contributed by atoms with Gasteiger partial charge in [-0.25, -0.2) is 9.97 Å². The first-order chi connectivity index (χ1) is 9.19. The smallest absolute Gasteiger partial charge is 0.303 e. The van der Waals surface area contributed by atoms with Gasteiger partial charge in [-0.3, -0.25) is 4.79 Å². The van der Waals surface area contributed by atoms with Crippen LogP contribution in [0.25, 0.3) is 0 Å². The predicted octanol–water partition coefficient (Wildman–Crippen LogP) is 1.57. The predicted molar refractivity (Wildman–Crippen MR) is 70.4 cm³/mol. The van der Waals surface area contributed by atoms with Crippen LogP contribution < -0.4 is 9.64 Å². The number of hydrogen-bond donors (Lipinski definition) is 1. The van der Waals surface area contributed by atoms with Crippen molar-refractivity contribution in [2.45, 2.75) is 25.7 Å². The zero-order valence-electron chi connectivity index (χ0n) is 11.1. The minimum atomic E-state index is -0.706. The number of methoxy groups -OCH3 is 1. The lowest BCUT2D eigenvalue weighted by molar-refractivity contribution is -0.137. The maximum Gasteiger partial charge on any atom is 0.303 e. The Bertz CT molecular complexity index is 431. The van der Waals surface area contributed by atoms with Crippen LogP contribution in [0.15, 0.2) is 12.4 Å². The van der Waals surface area contributed by atoms with E-state index in [1.807, 2.05) is 6.07 Å². The van der Waals surface area contributed by atoms with Crippen LogP contribution in [0.2, 0.25) is 0 Å². The summed E-state index contributed by atoms with van der Waals surface area (Å²) in [4.78, 5) is 21.0. The Balaban J connectivity index is 1.87. The second-order valence-corrected chi connectivity index (χ2v) is 4.78. The average Bonchev–Trinajstić information content (AvgIpc) is 2.45. The van der Waals surface area contributed by atoms with E-state index in [1.165, 1.54) is 6.33 Å². The zero-order valence-corrected chi connectivity index (χ0v) is 11.1. The van der Waals surface area contributed by atoms with Crippen molar-refractivity contribution in [1.82, 2.24) is 9.97 Å². The molecule has 1 aromatic heterocycles. The van der Waals surface area contributed by atoms with Crippen LogP contribution in [0.5, 0.6) is 5.88 Å². The molecule has 2 rings (SSSR count). The van der Waals surface area contributed by atoms with E-state index in [-0.39, 0.29) is 6.42 Å². The molecule has 0 atom stereocenters. The highest BCUT2D eigenvalue weighted by Crippen LogP contribution is 2.25. The van der Waals surface area contributed by atoms with Gasteiger partial charge in [0, 0.05) is 25.6 Å². The van der Waals surface area contributed by atoms with E-state index in [4.69, 9.17) is 9.84 Å². The van der Waals surface area contributed by atoms with Crippen LogP contribution in [0.3, 0.4) is 0 Å². The molecule has 0 spiro atoms. The lowest BCUT2D eigenvalue weighted by Crippen LogP contribution is -2.34. The molecule has 0 aliphatic carbocycles. The van der Waals surface area contributed by atoms with Gasteiger partial charge in [-0.1, -0.05) is 0 Å². The number of anilines is 1. The van der Waals surface area contributed by atoms with Crippen molar-refractivity contribution in [3.05, 3.63) is 12.4 Å². The number of aromatic nitrogens is 2. The second kappa shape index (κ2) is 6.36. The normalized spacial score (nSPS) is 16.4. The minimum Gasteiger partial charge on any atom is -0.481 e. The fourth-order valence-electron chi connectivity index (χ4n) is 2.39. The van der Waals surface area contributed by atoms with E-state index in [0.29, 0.717) is 11.8 Å². The molecule has 6 nitrogen and oxygen atoms in total. The van der Waals surface area contributed by atoms with Crippen LogP contribution >= 0.6 is 0 Å². The van der Waals surface area contributed by atoms with Crippen molar-refractivity contribution in [1.29, 1.82) is 0 Å². The number of ether oxygens (including phenoxy) is 1. The lowest BCUT2D eigenvalue weighted by atomic mass is 9.92. The quantitative estimate of drug-likeness (QED) is 0.871. The van der Waals surface area contributed by atoms with Crippen LogP contribution in [0, 0.1) is 5.92 Å². The molecular weight excluding hydrogens is 246 g/mol. The molecule has 0 amide bonds. The van der Waals surface area contributed by atoms with Crippen molar-refractivity contribution in [3.63, 3.8) is 0 Å². The summed E-state index contributed by atoms with van der Waals surface area (Å²) >= 11 is 0. The standard InChI is InChI=1S/C13H19N3O3/c1-19-12-8-11(14-9-15-12)16-6-4-10(5-7-16)2-3-13(17)18/h8-10H,2-7H2,1H3,(H,17,18). The van der Waals surface area contributed by atoms with Crippen LogP contribution in [-0.2, 0) is 4.79 Å². The van der Waals surface area contributed by atoms with Crippen molar-refractivity contribution >= 4 is 11.8 Å². The first-order valence-corrected chi connectivity index (χ1v) is 6.52.